The highest BCUT2D eigenvalue weighted by molar-refractivity contribution is 7.66. The van der Waals surface area contributed by atoms with Crippen LogP contribution in [-0.2, 0) is 26.8 Å². The Balaban J connectivity index is 2.71. The highest BCUT2D eigenvalue weighted by Gasteiger charge is 2.48. The minimum Gasteiger partial charge on any atom is -0.396 e. The Morgan fingerprint density at radius 3 is 2.22 bits per heavy atom. The second-order valence-corrected chi connectivity index (χ2v) is 9.53. The van der Waals surface area contributed by atoms with E-state index in [4.69, 9.17) is 14.7 Å². The highest BCUT2D eigenvalue weighted by atomic mass is 31.3. The molecule has 1 aliphatic carbocycles. The molecule has 0 radical (unpaired) electrons. The van der Waals surface area contributed by atoms with Crippen LogP contribution in [0.5, 0.6) is 0 Å². The van der Waals surface area contributed by atoms with E-state index in [0.717, 1.165) is 0 Å². The molecule has 0 aromatic rings. The van der Waals surface area contributed by atoms with Crippen molar-refractivity contribution in [3.05, 3.63) is 11.9 Å². The number of aliphatic hydroxyl groups is 1. The van der Waals surface area contributed by atoms with E-state index < -0.39 is 41.4 Å². The van der Waals surface area contributed by atoms with Crippen LogP contribution in [0, 0.1) is 11.3 Å². The van der Waals surface area contributed by atoms with Crippen molar-refractivity contribution in [2.24, 2.45) is 11.3 Å². The van der Waals surface area contributed by atoms with Crippen LogP contribution < -0.4 is 0 Å². The highest BCUT2D eigenvalue weighted by Crippen LogP contribution is 2.66. The zero-order chi connectivity index (χ0) is 18.1. The summed E-state index contributed by atoms with van der Waals surface area (Å²) in [6.45, 7) is 0.552. The molecule has 0 amide bonds. The van der Waals surface area contributed by atoms with E-state index in [9.17, 15) is 28.1 Å². The van der Waals surface area contributed by atoms with Gasteiger partial charge in [-0.15, -0.1) is 0 Å². The molecule has 0 aromatic heterocycles. The van der Waals surface area contributed by atoms with Gasteiger partial charge in [0.2, 0.25) is 0 Å². The normalized spacial score (nSPS) is 32.1. The monoisotopic (exact) mass is 400 g/mol. The maximum absolute atomic E-state index is 12.6. The van der Waals surface area contributed by atoms with Crippen LogP contribution in [0.1, 0.15) is 13.3 Å². The van der Waals surface area contributed by atoms with Crippen LogP contribution in [0.3, 0.4) is 0 Å². The van der Waals surface area contributed by atoms with Crippen LogP contribution in [0.25, 0.3) is 0 Å². The second kappa shape index (κ2) is 7.11. The lowest BCUT2D eigenvalue weighted by molar-refractivity contribution is 0.00870. The fraction of sp³-hybridized carbons (Fsp3) is 0.750. The zero-order valence-corrected chi connectivity index (χ0v) is 14.4. The van der Waals surface area contributed by atoms with E-state index in [1.807, 2.05) is 0 Å². The molecule has 23 heavy (non-hydrogen) atoms. The van der Waals surface area contributed by atoms with Crippen molar-refractivity contribution in [3.8, 4) is 0 Å². The van der Waals surface area contributed by atoms with Crippen molar-refractivity contribution >= 4 is 23.5 Å². The maximum Gasteiger partial charge on any atom is 0.490 e. The largest absolute Gasteiger partial charge is 0.490 e. The first-order chi connectivity index (χ1) is 10.2. The summed E-state index contributed by atoms with van der Waals surface area (Å²) < 4.78 is 57.2. The van der Waals surface area contributed by atoms with Gasteiger partial charge in [0.05, 0.1) is 12.9 Å². The van der Waals surface area contributed by atoms with E-state index in [0.29, 0.717) is 0 Å². The molecule has 11 nitrogen and oxygen atoms in total. The lowest BCUT2D eigenvalue weighted by Gasteiger charge is -2.47. The first-order valence-electron chi connectivity index (χ1n) is 5.92. The van der Waals surface area contributed by atoms with Crippen LogP contribution >= 0.6 is 23.5 Å². The van der Waals surface area contributed by atoms with Gasteiger partial charge in [0.25, 0.3) is 0 Å². The van der Waals surface area contributed by atoms with Crippen molar-refractivity contribution < 1.29 is 55.9 Å². The van der Waals surface area contributed by atoms with Gasteiger partial charge in [0, 0.05) is 17.9 Å². The predicted octanol–water partition coefficient (Wildman–Crippen LogP) is 1.20. The molecule has 0 bridgehead atoms. The van der Waals surface area contributed by atoms with Gasteiger partial charge in [0.1, 0.15) is 0 Å². The molecule has 15 heteroatoms. The smallest absolute Gasteiger partial charge is 0.396 e. The summed E-state index contributed by atoms with van der Waals surface area (Å²) in [6, 6.07) is 0. The van der Waals surface area contributed by atoms with Gasteiger partial charge in [0.15, 0.2) is 0 Å². The maximum atomic E-state index is 12.6. The van der Waals surface area contributed by atoms with Crippen molar-refractivity contribution in [2.45, 2.75) is 13.3 Å². The molecule has 0 aromatic carbocycles. The molecular weight excluding hydrogens is 384 g/mol. The van der Waals surface area contributed by atoms with E-state index in [1.165, 1.54) is 0 Å². The van der Waals surface area contributed by atoms with Gasteiger partial charge in [-0.05, 0) is 12.0 Å². The molecule has 3 unspecified atom stereocenters. The van der Waals surface area contributed by atoms with Crippen molar-refractivity contribution in [1.29, 1.82) is 0 Å². The molecule has 0 aliphatic heterocycles. The van der Waals surface area contributed by atoms with Gasteiger partial charge in [-0.25, -0.2) is 18.1 Å². The number of phosphoric ester groups is 1. The molecule has 0 saturated heterocycles. The van der Waals surface area contributed by atoms with E-state index in [1.54, 1.807) is 6.92 Å². The Morgan fingerprint density at radius 1 is 1.22 bits per heavy atom. The predicted molar refractivity (Wildman–Crippen MR) is 72.3 cm³/mol. The van der Waals surface area contributed by atoms with Crippen molar-refractivity contribution in [1.82, 2.24) is 0 Å². The van der Waals surface area contributed by atoms with E-state index >= 15 is 0 Å². The minimum absolute atomic E-state index is 0.185. The standard InChI is InChI=1S/C8H16FO11P3/c1-8(5-10)2-6(3-9)7(8)4-18-22(14,15)20-23(16,17)19-21(11,12)13/h3,7,10H,2,4-5H2,1H3,(H,14,15)(H,16,17)(H2,11,12,13)/b6-3-/t7-,8?/m1/s1. The molecule has 136 valence electrons. The molecule has 1 aliphatic rings. The van der Waals surface area contributed by atoms with Gasteiger partial charge in [-0.3, -0.25) is 4.52 Å². The fourth-order valence-electron chi connectivity index (χ4n) is 2.09. The van der Waals surface area contributed by atoms with Crippen molar-refractivity contribution in [3.63, 3.8) is 0 Å². The van der Waals surface area contributed by atoms with Gasteiger partial charge in [-0.2, -0.15) is 8.62 Å². The summed E-state index contributed by atoms with van der Waals surface area (Å²) in [5.41, 5.74) is -0.622. The van der Waals surface area contributed by atoms with Gasteiger partial charge < -0.3 is 24.7 Å². The van der Waals surface area contributed by atoms with Crippen LogP contribution in [0.4, 0.5) is 4.39 Å². The topological polar surface area (TPSA) is 180 Å². The summed E-state index contributed by atoms with van der Waals surface area (Å²) in [7, 11) is -16.3. The van der Waals surface area contributed by atoms with Gasteiger partial charge >= 0.3 is 23.5 Å². The second-order valence-electron chi connectivity index (χ2n) is 5.11. The Morgan fingerprint density at radius 2 is 1.78 bits per heavy atom. The zero-order valence-electron chi connectivity index (χ0n) is 11.7. The fourth-order valence-corrected chi connectivity index (χ4v) is 5.12. The SMILES string of the molecule is CC1(CO)C/C(=C/F)[C@H]1COP(=O)(O)OP(=O)(O)OP(=O)(O)O. The third kappa shape index (κ3) is 6.12. The molecule has 1 rings (SSSR count). The summed E-state index contributed by atoms with van der Waals surface area (Å²) in [4.78, 5) is 35.0. The average molecular weight is 400 g/mol. The first-order valence-corrected chi connectivity index (χ1v) is 10.4. The average Bonchev–Trinajstić information content (AvgIpc) is 2.30. The minimum atomic E-state index is -5.59. The van der Waals surface area contributed by atoms with Gasteiger partial charge in [-0.1, -0.05) is 6.92 Å². The molecule has 0 heterocycles. The molecule has 1 fully saturated rings. The Hall–Kier alpha value is 0.0400. The third-order valence-corrected chi connectivity index (χ3v) is 7.02. The summed E-state index contributed by atoms with van der Waals surface area (Å²) in [5.74, 6) is -0.789. The number of halogens is 1. The number of aliphatic hydroxyl groups excluding tert-OH is 1. The van der Waals surface area contributed by atoms with E-state index in [-0.39, 0.29) is 24.9 Å². The molecule has 4 atom stereocenters. The Kier molecular flexibility index (Phi) is 6.52. The van der Waals surface area contributed by atoms with Crippen LogP contribution in [0.15, 0.2) is 11.9 Å². The lowest BCUT2D eigenvalue weighted by atomic mass is 9.59. The van der Waals surface area contributed by atoms with E-state index in [2.05, 4.69) is 13.1 Å². The number of hydrogen-bond acceptors (Lipinski definition) is 7. The summed E-state index contributed by atoms with van der Waals surface area (Å²) in [5, 5.41) is 9.21. The Bertz CT molecular complexity index is 614. The Labute approximate surface area is 130 Å². The molecule has 0 spiro atoms. The molecule has 5 N–H and O–H groups in total. The third-order valence-electron chi connectivity index (χ3n) is 3.22. The van der Waals surface area contributed by atoms with Crippen LogP contribution in [-0.4, -0.2) is 37.9 Å². The number of hydrogen-bond donors (Lipinski definition) is 5. The number of phosphoric acid groups is 3. The molecule has 1 saturated carbocycles. The molecular formula is C8H16FO11P3. The summed E-state index contributed by atoms with van der Waals surface area (Å²) >= 11 is 0. The first kappa shape index (κ1) is 21.1. The number of rotatable bonds is 8. The lowest BCUT2D eigenvalue weighted by Crippen LogP contribution is -2.45. The summed E-state index contributed by atoms with van der Waals surface area (Å²) in [6.07, 6.45) is 0.437. The quantitative estimate of drug-likeness (QED) is 0.369. The van der Waals surface area contributed by atoms with Crippen molar-refractivity contribution in [2.75, 3.05) is 13.2 Å². The van der Waals surface area contributed by atoms with Crippen LogP contribution in [0.2, 0.25) is 0 Å².